The van der Waals surface area contributed by atoms with Crippen molar-refractivity contribution in [2.75, 3.05) is 0 Å². The van der Waals surface area contributed by atoms with Crippen LogP contribution in [0, 0.1) is 5.82 Å². The van der Waals surface area contributed by atoms with Crippen LogP contribution in [0.4, 0.5) is 4.39 Å². The molecule has 0 bridgehead atoms. The number of nitrogens with zero attached hydrogens (tertiary/aromatic N) is 2. The van der Waals surface area contributed by atoms with Gasteiger partial charge in [-0.15, -0.1) is 0 Å². The van der Waals surface area contributed by atoms with Gasteiger partial charge in [-0.3, -0.25) is 4.98 Å². The van der Waals surface area contributed by atoms with Crippen molar-refractivity contribution in [1.29, 1.82) is 0 Å². The van der Waals surface area contributed by atoms with Gasteiger partial charge >= 0.3 is 0 Å². The van der Waals surface area contributed by atoms with Gasteiger partial charge in [-0.1, -0.05) is 11.2 Å². The molecule has 0 aliphatic rings. The summed E-state index contributed by atoms with van der Waals surface area (Å²) in [7, 11) is 0. The summed E-state index contributed by atoms with van der Waals surface area (Å²) in [5.41, 5.74) is 7.44. The van der Waals surface area contributed by atoms with Crippen LogP contribution >= 0.6 is 0 Å². The predicted molar refractivity (Wildman–Crippen MR) is 78.4 cm³/mol. The number of halogens is 1. The number of nitrogens with one attached hydrogen (secondary N) is 1. The van der Waals surface area contributed by atoms with Crippen LogP contribution in [0.2, 0.25) is 0 Å². The highest BCUT2D eigenvalue weighted by Gasteiger charge is 2.08. The summed E-state index contributed by atoms with van der Waals surface area (Å²) in [6.07, 6.45) is 1.73. The quantitative estimate of drug-likeness (QED) is 0.341. The Kier molecular flexibility index (Phi) is 4.84. The molecule has 0 saturated carbocycles. The fraction of sp³-hybridized carbons (Fsp3) is 0.200. The zero-order valence-corrected chi connectivity index (χ0v) is 11.6. The van der Waals surface area contributed by atoms with Crippen LogP contribution in [0.3, 0.4) is 0 Å². The normalized spacial score (nSPS) is 13.1. The topological polar surface area (TPSA) is 83.5 Å². The molecule has 0 fully saturated rings. The number of aromatic nitrogens is 1. The number of benzene rings is 1. The maximum absolute atomic E-state index is 13.5. The first-order valence-corrected chi connectivity index (χ1v) is 6.52. The van der Waals surface area contributed by atoms with E-state index in [1.54, 1.807) is 12.3 Å². The summed E-state index contributed by atoms with van der Waals surface area (Å²) in [4.78, 5) is 4.26. The Hall–Kier alpha value is -2.47. The summed E-state index contributed by atoms with van der Waals surface area (Å²) < 4.78 is 13.5. The van der Waals surface area contributed by atoms with Crippen molar-refractivity contribution in [2.45, 2.75) is 19.5 Å². The number of nitrogens with two attached hydrogens (primary N) is 1. The highest BCUT2D eigenvalue weighted by atomic mass is 19.1. The largest absolute Gasteiger partial charge is 0.409 e. The number of hydrogen-bond acceptors (Lipinski definition) is 4. The smallest absolute Gasteiger partial charge is 0.170 e. The van der Waals surface area contributed by atoms with E-state index in [0.717, 1.165) is 5.69 Å². The van der Waals surface area contributed by atoms with Crippen molar-refractivity contribution in [3.63, 3.8) is 0 Å². The van der Waals surface area contributed by atoms with Gasteiger partial charge in [0.2, 0.25) is 0 Å². The molecule has 21 heavy (non-hydrogen) atoms. The van der Waals surface area contributed by atoms with Gasteiger partial charge in [0.15, 0.2) is 5.84 Å². The lowest BCUT2D eigenvalue weighted by Gasteiger charge is -2.13. The fourth-order valence-electron chi connectivity index (χ4n) is 1.97. The molecule has 1 heterocycles. The minimum atomic E-state index is -0.429. The molecule has 1 atom stereocenters. The molecule has 1 aromatic heterocycles. The van der Waals surface area contributed by atoms with Crippen LogP contribution in [0.25, 0.3) is 0 Å². The highest BCUT2D eigenvalue weighted by molar-refractivity contribution is 5.97. The van der Waals surface area contributed by atoms with E-state index in [0.29, 0.717) is 17.7 Å². The minimum absolute atomic E-state index is 0.0294. The lowest BCUT2D eigenvalue weighted by atomic mass is 10.1. The number of oxime groups is 1. The van der Waals surface area contributed by atoms with Crippen molar-refractivity contribution >= 4 is 5.84 Å². The van der Waals surface area contributed by atoms with E-state index >= 15 is 0 Å². The molecule has 6 heteroatoms. The molecule has 2 rings (SSSR count). The van der Waals surface area contributed by atoms with Crippen molar-refractivity contribution < 1.29 is 9.60 Å². The van der Waals surface area contributed by atoms with Crippen LogP contribution in [-0.4, -0.2) is 16.0 Å². The zero-order chi connectivity index (χ0) is 15.2. The second kappa shape index (κ2) is 6.81. The second-order valence-corrected chi connectivity index (χ2v) is 4.69. The Bertz CT molecular complexity index is 631. The summed E-state index contributed by atoms with van der Waals surface area (Å²) in [6.45, 7) is 2.42. The van der Waals surface area contributed by atoms with Crippen LogP contribution in [-0.2, 0) is 6.54 Å². The molecule has 5 nitrogen and oxygen atoms in total. The summed E-state index contributed by atoms with van der Waals surface area (Å²) in [5.74, 6) is -0.546. The number of pyridine rings is 1. The van der Waals surface area contributed by atoms with E-state index in [1.165, 1.54) is 12.1 Å². The van der Waals surface area contributed by atoms with Gasteiger partial charge in [0.05, 0.1) is 5.69 Å². The molecular formula is C15H17FN4O. The van der Waals surface area contributed by atoms with E-state index < -0.39 is 5.82 Å². The maximum atomic E-state index is 13.5. The van der Waals surface area contributed by atoms with E-state index in [-0.39, 0.29) is 11.9 Å². The van der Waals surface area contributed by atoms with Crippen molar-refractivity contribution in [2.24, 2.45) is 10.9 Å². The second-order valence-electron chi connectivity index (χ2n) is 4.69. The predicted octanol–water partition coefficient (Wildman–Crippen LogP) is 2.17. The first-order chi connectivity index (χ1) is 10.1. The number of hydrogen-bond donors (Lipinski definition) is 3. The molecule has 0 aliphatic heterocycles. The molecule has 1 aromatic carbocycles. The fourth-order valence-corrected chi connectivity index (χ4v) is 1.97. The molecule has 4 N–H and O–H groups in total. The molecule has 0 unspecified atom stereocenters. The van der Waals surface area contributed by atoms with Gasteiger partial charge in [-0.2, -0.15) is 0 Å². The van der Waals surface area contributed by atoms with Crippen molar-refractivity contribution in [3.8, 4) is 0 Å². The van der Waals surface area contributed by atoms with Crippen LogP contribution < -0.4 is 11.1 Å². The lowest BCUT2D eigenvalue weighted by molar-refractivity contribution is 0.318. The molecule has 0 amide bonds. The zero-order valence-electron chi connectivity index (χ0n) is 11.6. The van der Waals surface area contributed by atoms with Crippen molar-refractivity contribution in [3.05, 3.63) is 65.2 Å². The standard InChI is InChI=1S/C15H17FN4O/c1-10(14-4-2-3-5-18-14)19-9-11-6-12(15(17)20-21)8-13(16)7-11/h2-8,10,19,21H,9H2,1H3,(H2,17,20)/t10-/m0/s1. The molecule has 0 saturated heterocycles. The summed E-state index contributed by atoms with van der Waals surface area (Å²) in [5, 5.41) is 14.8. The van der Waals surface area contributed by atoms with Gasteiger partial charge in [0.1, 0.15) is 5.82 Å². The lowest BCUT2D eigenvalue weighted by Crippen LogP contribution is -2.20. The van der Waals surface area contributed by atoms with Gasteiger partial charge < -0.3 is 16.3 Å². The molecule has 0 radical (unpaired) electrons. The Morgan fingerprint density at radius 3 is 2.90 bits per heavy atom. The van der Waals surface area contributed by atoms with Crippen LogP contribution in [0.15, 0.2) is 47.8 Å². The molecule has 0 aliphatic carbocycles. The van der Waals surface area contributed by atoms with Gasteiger partial charge in [-0.05, 0) is 42.8 Å². The van der Waals surface area contributed by atoms with Crippen LogP contribution in [0.5, 0.6) is 0 Å². The molecule has 2 aromatic rings. The maximum Gasteiger partial charge on any atom is 0.170 e. The molecular weight excluding hydrogens is 271 g/mol. The molecule has 0 spiro atoms. The third-order valence-electron chi connectivity index (χ3n) is 3.10. The summed E-state index contributed by atoms with van der Waals surface area (Å²) in [6, 6.07) is 10.0. The Labute approximate surface area is 122 Å². The number of amidine groups is 1. The summed E-state index contributed by atoms with van der Waals surface area (Å²) >= 11 is 0. The monoisotopic (exact) mass is 288 g/mol. The first-order valence-electron chi connectivity index (χ1n) is 6.52. The van der Waals surface area contributed by atoms with E-state index in [2.05, 4.69) is 15.5 Å². The Morgan fingerprint density at radius 2 is 2.24 bits per heavy atom. The van der Waals surface area contributed by atoms with Gasteiger partial charge in [0.25, 0.3) is 0 Å². The third kappa shape index (κ3) is 4.00. The van der Waals surface area contributed by atoms with Gasteiger partial charge in [0, 0.05) is 24.3 Å². The third-order valence-corrected chi connectivity index (χ3v) is 3.10. The van der Waals surface area contributed by atoms with Crippen LogP contribution in [0.1, 0.15) is 29.8 Å². The first kappa shape index (κ1) is 14.9. The Balaban J connectivity index is 2.08. The van der Waals surface area contributed by atoms with E-state index in [4.69, 9.17) is 10.9 Å². The highest BCUT2D eigenvalue weighted by Crippen LogP contribution is 2.12. The SMILES string of the molecule is C[C@H](NCc1cc(F)cc(/C(N)=N/O)c1)c1ccccn1. The number of rotatable bonds is 5. The van der Waals surface area contributed by atoms with E-state index in [1.807, 2.05) is 25.1 Å². The van der Waals surface area contributed by atoms with Gasteiger partial charge in [-0.25, -0.2) is 4.39 Å². The minimum Gasteiger partial charge on any atom is -0.409 e. The van der Waals surface area contributed by atoms with Crippen molar-refractivity contribution in [1.82, 2.24) is 10.3 Å². The average Bonchev–Trinajstić information content (AvgIpc) is 2.52. The average molecular weight is 288 g/mol. The van der Waals surface area contributed by atoms with E-state index in [9.17, 15) is 4.39 Å². The Morgan fingerprint density at radius 1 is 1.43 bits per heavy atom. The molecule has 110 valence electrons.